The zero-order valence-electron chi connectivity index (χ0n) is 20.7. The molecule has 0 spiro atoms. The third kappa shape index (κ3) is 5.01. The summed E-state index contributed by atoms with van der Waals surface area (Å²) in [7, 11) is 4.28. The number of carbonyl (C=O) groups is 2. The molecule has 0 fully saturated rings. The number of allylic oxidation sites excluding steroid dienone is 1. The van der Waals surface area contributed by atoms with Crippen LogP contribution < -0.4 is 10.1 Å². The summed E-state index contributed by atoms with van der Waals surface area (Å²) in [5, 5.41) is 6.01. The number of methoxy groups -OCH3 is 3. The Labute approximate surface area is 213 Å². The van der Waals surface area contributed by atoms with E-state index in [0.717, 1.165) is 28.3 Å². The van der Waals surface area contributed by atoms with Gasteiger partial charge in [0, 0.05) is 34.0 Å². The second-order valence-electron chi connectivity index (χ2n) is 8.24. The minimum atomic E-state index is -0.748. The summed E-state index contributed by atoms with van der Waals surface area (Å²) in [6.07, 6.45) is 0. The monoisotopic (exact) mass is 505 g/mol. The number of esters is 2. The van der Waals surface area contributed by atoms with E-state index in [2.05, 4.69) is 10.3 Å². The van der Waals surface area contributed by atoms with Crippen LogP contribution in [0.15, 0.2) is 70.2 Å². The van der Waals surface area contributed by atoms with Crippen molar-refractivity contribution in [2.75, 3.05) is 26.6 Å². The Morgan fingerprint density at radius 2 is 1.78 bits per heavy atom. The number of thiazole rings is 1. The first-order valence-electron chi connectivity index (χ1n) is 11.2. The number of anilines is 2. The number of nitrogens with zero attached hydrogens (tertiary/aromatic N) is 2. The highest BCUT2D eigenvalue weighted by molar-refractivity contribution is 7.14. The maximum atomic E-state index is 12.8. The number of hydrogen-bond donors (Lipinski definition) is 1. The molecule has 3 aromatic rings. The van der Waals surface area contributed by atoms with Crippen LogP contribution >= 0.6 is 11.3 Å². The summed E-state index contributed by atoms with van der Waals surface area (Å²) in [6, 6.07) is 15.3. The molecule has 186 valence electrons. The van der Waals surface area contributed by atoms with E-state index in [-0.39, 0.29) is 0 Å². The van der Waals surface area contributed by atoms with Crippen molar-refractivity contribution < 1.29 is 23.8 Å². The lowest BCUT2D eigenvalue weighted by molar-refractivity contribution is -0.143. The van der Waals surface area contributed by atoms with Gasteiger partial charge in [-0.3, -0.25) is 9.79 Å². The number of nitrogens with one attached hydrogen (secondary N) is 1. The minimum Gasteiger partial charge on any atom is -0.497 e. The predicted molar refractivity (Wildman–Crippen MR) is 140 cm³/mol. The van der Waals surface area contributed by atoms with Crippen molar-refractivity contribution in [3.63, 3.8) is 0 Å². The highest BCUT2D eigenvalue weighted by Gasteiger charge is 2.42. The van der Waals surface area contributed by atoms with Gasteiger partial charge in [0.15, 0.2) is 5.13 Å². The molecule has 0 aliphatic carbocycles. The maximum Gasteiger partial charge on any atom is 0.336 e. The number of aromatic nitrogens is 1. The highest BCUT2D eigenvalue weighted by atomic mass is 32.1. The topological polar surface area (TPSA) is 99.1 Å². The highest BCUT2D eigenvalue weighted by Crippen LogP contribution is 2.41. The Bertz CT molecular complexity index is 1360. The fourth-order valence-corrected chi connectivity index (χ4v) is 5.12. The summed E-state index contributed by atoms with van der Waals surface area (Å²) >= 11 is 1.47. The largest absolute Gasteiger partial charge is 0.497 e. The zero-order valence-corrected chi connectivity index (χ0v) is 21.5. The molecule has 2 heterocycles. The zero-order chi connectivity index (χ0) is 25.8. The molecule has 9 heteroatoms. The number of aliphatic imine (C=N–C) groups is 1. The van der Waals surface area contributed by atoms with Gasteiger partial charge in [0.2, 0.25) is 0 Å². The fourth-order valence-electron chi connectivity index (χ4n) is 4.38. The fraction of sp³-hybridized carbons (Fsp3) is 0.259. The van der Waals surface area contributed by atoms with E-state index in [1.54, 1.807) is 21.0 Å². The van der Waals surface area contributed by atoms with E-state index < -0.39 is 23.8 Å². The van der Waals surface area contributed by atoms with Crippen LogP contribution in [-0.4, -0.2) is 44.0 Å². The number of ether oxygens (including phenoxy) is 3. The molecular weight excluding hydrogens is 478 g/mol. The Hall–Kier alpha value is -3.98. The summed E-state index contributed by atoms with van der Waals surface area (Å²) < 4.78 is 15.4. The van der Waals surface area contributed by atoms with Crippen LogP contribution in [0.25, 0.3) is 11.3 Å². The average Bonchev–Trinajstić information content (AvgIpc) is 3.36. The number of hydrogen-bond acceptors (Lipinski definition) is 9. The molecule has 2 unspecified atom stereocenters. The first-order valence-corrected chi connectivity index (χ1v) is 12.1. The van der Waals surface area contributed by atoms with Gasteiger partial charge in [-0.25, -0.2) is 9.78 Å². The molecule has 2 atom stereocenters. The van der Waals surface area contributed by atoms with E-state index in [0.29, 0.717) is 22.1 Å². The van der Waals surface area contributed by atoms with E-state index in [4.69, 9.17) is 19.2 Å². The Morgan fingerprint density at radius 3 is 2.50 bits per heavy atom. The van der Waals surface area contributed by atoms with Crippen molar-refractivity contribution in [2.45, 2.75) is 19.8 Å². The molecule has 0 radical (unpaired) electrons. The second kappa shape index (κ2) is 10.7. The third-order valence-corrected chi connectivity index (χ3v) is 6.81. The standard InChI is InChI=1S/C27H27N3O5S/c1-15-22(25(31)34-4)24(23(16(2)28-15)26(32)35-5)18-9-6-10-19(12-18)29-27-30-21(14-36-27)17-8-7-11-20(13-17)33-3/h6-14,22,24H,1-5H3,(H,29,30). The molecule has 0 saturated carbocycles. The van der Waals surface area contributed by atoms with Gasteiger partial charge in [0.05, 0.1) is 32.6 Å². The van der Waals surface area contributed by atoms with Gasteiger partial charge in [0.1, 0.15) is 11.7 Å². The molecule has 0 amide bonds. The number of benzene rings is 2. The molecule has 0 bridgehead atoms. The molecule has 1 aliphatic heterocycles. The summed E-state index contributed by atoms with van der Waals surface area (Å²) in [5.74, 6) is -1.57. The van der Waals surface area contributed by atoms with Crippen molar-refractivity contribution in [1.82, 2.24) is 4.98 Å². The van der Waals surface area contributed by atoms with Crippen LogP contribution in [0.3, 0.4) is 0 Å². The second-order valence-corrected chi connectivity index (χ2v) is 9.10. The molecule has 36 heavy (non-hydrogen) atoms. The van der Waals surface area contributed by atoms with Crippen LogP contribution in [0, 0.1) is 5.92 Å². The van der Waals surface area contributed by atoms with Crippen molar-refractivity contribution in [3.05, 3.63) is 70.7 Å². The van der Waals surface area contributed by atoms with Gasteiger partial charge in [0.25, 0.3) is 0 Å². The molecule has 8 nitrogen and oxygen atoms in total. The first-order chi connectivity index (χ1) is 17.4. The lowest BCUT2D eigenvalue weighted by Gasteiger charge is -2.31. The molecule has 1 aliphatic rings. The van der Waals surface area contributed by atoms with Gasteiger partial charge in [-0.05, 0) is 43.7 Å². The van der Waals surface area contributed by atoms with Crippen LogP contribution in [0.5, 0.6) is 5.75 Å². The van der Waals surface area contributed by atoms with Gasteiger partial charge < -0.3 is 19.5 Å². The van der Waals surface area contributed by atoms with Gasteiger partial charge in [-0.15, -0.1) is 11.3 Å². The quantitative estimate of drug-likeness (QED) is 0.432. The smallest absolute Gasteiger partial charge is 0.336 e. The van der Waals surface area contributed by atoms with Crippen LogP contribution in [-0.2, 0) is 19.1 Å². The molecule has 0 saturated heterocycles. The maximum absolute atomic E-state index is 12.8. The molecule has 1 N–H and O–H groups in total. The summed E-state index contributed by atoms with van der Waals surface area (Å²) in [6.45, 7) is 3.51. The van der Waals surface area contributed by atoms with Crippen LogP contribution in [0.4, 0.5) is 10.8 Å². The van der Waals surface area contributed by atoms with E-state index >= 15 is 0 Å². The van der Waals surface area contributed by atoms with Gasteiger partial charge in [-0.2, -0.15) is 0 Å². The van der Waals surface area contributed by atoms with Gasteiger partial charge >= 0.3 is 11.9 Å². The molecular formula is C27H27N3O5S. The predicted octanol–water partition coefficient (Wildman–Crippen LogP) is 5.36. The Balaban J connectivity index is 1.68. The molecule has 1 aromatic heterocycles. The van der Waals surface area contributed by atoms with Crippen molar-refractivity contribution in [2.24, 2.45) is 10.9 Å². The normalized spacial score (nSPS) is 17.3. The summed E-state index contributed by atoms with van der Waals surface area (Å²) in [4.78, 5) is 34.7. The number of rotatable bonds is 7. The Morgan fingerprint density at radius 1 is 1.00 bits per heavy atom. The average molecular weight is 506 g/mol. The van der Waals surface area contributed by atoms with E-state index in [1.807, 2.05) is 53.9 Å². The molecule has 4 rings (SSSR count). The third-order valence-electron chi connectivity index (χ3n) is 6.06. The number of carbonyl (C=O) groups excluding carboxylic acids is 2. The molecule has 2 aromatic carbocycles. The van der Waals surface area contributed by atoms with Crippen molar-refractivity contribution in [1.29, 1.82) is 0 Å². The Kier molecular flexibility index (Phi) is 7.49. The SMILES string of the molecule is COC(=O)C1=C(C)N=C(C)C(C(=O)OC)C1c1cccc(Nc2nc(-c3cccc(OC)c3)cs2)c1. The van der Waals surface area contributed by atoms with E-state index in [9.17, 15) is 9.59 Å². The minimum absolute atomic E-state index is 0.338. The first kappa shape index (κ1) is 25.1. The summed E-state index contributed by atoms with van der Waals surface area (Å²) in [5.41, 5.74) is 4.75. The van der Waals surface area contributed by atoms with Crippen molar-refractivity contribution >= 4 is 39.8 Å². The van der Waals surface area contributed by atoms with Crippen LogP contribution in [0.1, 0.15) is 25.3 Å². The lowest BCUT2D eigenvalue weighted by atomic mass is 9.75. The van der Waals surface area contributed by atoms with E-state index in [1.165, 1.54) is 25.6 Å². The van der Waals surface area contributed by atoms with Crippen molar-refractivity contribution in [3.8, 4) is 17.0 Å². The van der Waals surface area contributed by atoms with Gasteiger partial charge in [-0.1, -0.05) is 24.3 Å². The lowest BCUT2D eigenvalue weighted by Crippen LogP contribution is -2.36. The van der Waals surface area contributed by atoms with Crippen LogP contribution in [0.2, 0.25) is 0 Å².